The van der Waals surface area contributed by atoms with Gasteiger partial charge in [-0.3, -0.25) is 9.97 Å². The lowest BCUT2D eigenvalue weighted by Gasteiger charge is -2.12. The Hall–Kier alpha value is -1.24. The number of nitrogens with zero attached hydrogens (tertiary/aromatic N) is 2. The normalized spacial score (nSPS) is 12.6. The zero-order chi connectivity index (χ0) is 13.0. The minimum absolute atomic E-state index is 0.301. The second-order valence-corrected chi connectivity index (χ2v) is 4.79. The molecule has 0 saturated carbocycles. The highest BCUT2D eigenvalue weighted by Crippen LogP contribution is 2.21. The lowest BCUT2D eigenvalue weighted by atomic mass is 10.2. The van der Waals surface area contributed by atoms with Crippen molar-refractivity contribution in [2.45, 2.75) is 6.10 Å². The molecular formula is C12H14BrN3O2. The highest BCUT2D eigenvalue weighted by Gasteiger charge is 2.07. The van der Waals surface area contributed by atoms with Crippen molar-refractivity contribution in [3.63, 3.8) is 0 Å². The average Bonchev–Trinajstić information content (AvgIpc) is 2.36. The number of aromatic nitrogens is 2. The van der Waals surface area contributed by atoms with Gasteiger partial charge < -0.3 is 15.2 Å². The quantitative estimate of drug-likeness (QED) is 0.881. The van der Waals surface area contributed by atoms with Crippen molar-refractivity contribution in [1.29, 1.82) is 0 Å². The number of pyridine rings is 2. The van der Waals surface area contributed by atoms with Crippen LogP contribution in [-0.4, -0.2) is 41.4 Å². The van der Waals surface area contributed by atoms with Gasteiger partial charge in [0, 0.05) is 30.5 Å². The Bertz CT molecular complexity index is 536. The van der Waals surface area contributed by atoms with E-state index in [0.717, 1.165) is 21.2 Å². The second kappa shape index (κ2) is 6.08. The number of halogens is 1. The van der Waals surface area contributed by atoms with Crippen molar-refractivity contribution >= 4 is 32.7 Å². The van der Waals surface area contributed by atoms with Crippen LogP contribution >= 0.6 is 15.9 Å². The van der Waals surface area contributed by atoms with Crippen LogP contribution in [0.5, 0.6) is 0 Å². The molecule has 0 amide bonds. The van der Waals surface area contributed by atoms with E-state index < -0.39 is 6.10 Å². The average molecular weight is 312 g/mol. The van der Waals surface area contributed by atoms with Crippen LogP contribution in [0.3, 0.4) is 0 Å². The number of anilines is 1. The molecule has 2 aromatic heterocycles. The van der Waals surface area contributed by atoms with Crippen LogP contribution in [-0.2, 0) is 4.74 Å². The lowest BCUT2D eigenvalue weighted by Crippen LogP contribution is -2.24. The Morgan fingerprint density at radius 2 is 2.33 bits per heavy atom. The number of ether oxygens (including phenoxy) is 1. The van der Waals surface area contributed by atoms with Gasteiger partial charge in [-0.1, -0.05) is 0 Å². The fourth-order valence-electron chi connectivity index (χ4n) is 1.63. The standard InChI is InChI=1S/C12H14BrN3O2/c1-18-7-9(17)6-15-10-2-3-14-11-4-8(13)5-16-12(10)11/h2-5,9,17H,6-7H2,1H3,(H,14,15). The summed E-state index contributed by atoms with van der Waals surface area (Å²) in [7, 11) is 1.56. The molecular weight excluding hydrogens is 298 g/mol. The molecule has 0 aliphatic carbocycles. The highest BCUT2D eigenvalue weighted by atomic mass is 79.9. The zero-order valence-corrected chi connectivity index (χ0v) is 11.5. The summed E-state index contributed by atoms with van der Waals surface area (Å²) < 4.78 is 5.76. The van der Waals surface area contributed by atoms with E-state index in [-0.39, 0.29) is 0 Å². The van der Waals surface area contributed by atoms with Gasteiger partial charge in [-0.05, 0) is 28.1 Å². The Morgan fingerprint density at radius 1 is 1.50 bits per heavy atom. The number of rotatable bonds is 5. The molecule has 2 aromatic rings. The SMILES string of the molecule is COCC(O)CNc1ccnc2cc(Br)cnc12. The van der Waals surface area contributed by atoms with Crippen LogP contribution < -0.4 is 5.32 Å². The van der Waals surface area contributed by atoms with Gasteiger partial charge in [0.25, 0.3) is 0 Å². The molecule has 6 heteroatoms. The third-order valence-corrected chi connectivity index (χ3v) is 2.87. The molecule has 2 rings (SSSR count). The van der Waals surface area contributed by atoms with E-state index in [1.807, 2.05) is 12.1 Å². The smallest absolute Gasteiger partial charge is 0.112 e. The van der Waals surface area contributed by atoms with E-state index in [1.54, 1.807) is 19.5 Å². The number of hydrogen-bond donors (Lipinski definition) is 2. The molecule has 1 atom stereocenters. The molecule has 2 heterocycles. The molecule has 0 fully saturated rings. The minimum atomic E-state index is -0.548. The van der Waals surface area contributed by atoms with Gasteiger partial charge >= 0.3 is 0 Å². The summed E-state index contributed by atoms with van der Waals surface area (Å²) >= 11 is 3.36. The van der Waals surface area contributed by atoms with Crippen LogP contribution in [0.1, 0.15) is 0 Å². The number of hydrogen-bond acceptors (Lipinski definition) is 5. The first-order valence-electron chi connectivity index (χ1n) is 5.52. The summed E-state index contributed by atoms with van der Waals surface area (Å²) in [6.07, 6.45) is 2.89. The molecule has 5 nitrogen and oxygen atoms in total. The van der Waals surface area contributed by atoms with Crippen LogP contribution in [0, 0.1) is 0 Å². The van der Waals surface area contributed by atoms with Crippen molar-refractivity contribution in [1.82, 2.24) is 9.97 Å². The van der Waals surface area contributed by atoms with Gasteiger partial charge in [-0.2, -0.15) is 0 Å². The zero-order valence-electron chi connectivity index (χ0n) is 9.93. The van der Waals surface area contributed by atoms with Gasteiger partial charge in [0.1, 0.15) is 5.52 Å². The molecule has 18 heavy (non-hydrogen) atoms. The van der Waals surface area contributed by atoms with E-state index in [2.05, 4.69) is 31.2 Å². The van der Waals surface area contributed by atoms with E-state index in [4.69, 9.17) is 4.74 Å². The summed E-state index contributed by atoms with van der Waals surface area (Å²) in [5, 5.41) is 12.7. The molecule has 0 spiro atoms. The number of nitrogens with one attached hydrogen (secondary N) is 1. The number of aliphatic hydroxyl groups excluding tert-OH is 1. The van der Waals surface area contributed by atoms with Crippen molar-refractivity contribution in [2.24, 2.45) is 0 Å². The van der Waals surface area contributed by atoms with Crippen LogP contribution in [0.25, 0.3) is 11.0 Å². The van der Waals surface area contributed by atoms with E-state index in [9.17, 15) is 5.11 Å². The number of methoxy groups -OCH3 is 1. The van der Waals surface area contributed by atoms with Gasteiger partial charge in [0.2, 0.25) is 0 Å². The monoisotopic (exact) mass is 311 g/mol. The predicted molar refractivity (Wildman–Crippen MR) is 73.6 cm³/mol. The van der Waals surface area contributed by atoms with E-state index in [1.165, 1.54) is 0 Å². The Labute approximate surface area is 113 Å². The maximum Gasteiger partial charge on any atom is 0.112 e. The lowest BCUT2D eigenvalue weighted by molar-refractivity contribution is 0.0728. The molecule has 96 valence electrons. The number of fused-ring (bicyclic) bond motifs is 1. The van der Waals surface area contributed by atoms with Gasteiger partial charge in [0.05, 0.1) is 23.9 Å². The first-order valence-corrected chi connectivity index (χ1v) is 6.31. The number of aliphatic hydroxyl groups is 1. The third-order valence-electron chi connectivity index (χ3n) is 2.43. The Kier molecular flexibility index (Phi) is 4.46. The minimum Gasteiger partial charge on any atom is -0.389 e. The fourth-order valence-corrected chi connectivity index (χ4v) is 1.95. The van der Waals surface area contributed by atoms with Gasteiger partial charge in [0.15, 0.2) is 0 Å². The van der Waals surface area contributed by atoms with E-state index in [0.29, 0.717) is 13.2 Å². The predicted octanol–water partition coefficient (Wildman–Crippen LogP) is 1.81. The molecule has 1 unspecified atom stereocenters. The summed E-state index contributed by atoms with van der Waals surface area (Å²) in [5.41, 5.74) is 2.43. The molecule has 0 saturated heterocycles. The second-order valence-electron chi connectivity index (χ2n) is 3.87. The van der Waals surface area contributed by atoms with Crippen molar-refractivity contribution in [2.75, 3.05) is 25.6 Å². The van der Waals surface area contributed by atoms with Crippen molar-refractivity contribution in [3.05, 3.63) is 29.0 Å². The summed E-state index contributed by atoms with van der Waals surface area (Å²) in [6, 6.07) is 3.74. The van der Waals surface area contributed by atoms with Gasteiger partial charge in [-0.15, -0.1) is 0 Å². The first-order chi connectivity index (χ1) is 8.70. The molecule has 0 aliphatic heterocycles. The molecule has 2 N–H and O–H groups in total. The fraction of sp³-hybridized carbons (Fsp3) is 0.333. The maximum absolute atomic E-state index is 9.60. The van der Waals surface area contributed by atoms with E-state index >= 15 is 0 Å². The maximum atomic E-state index is 9.60. The Morgan fingerprint density at radius 3 is 3.11 bits per heavy atom. The largest absolute Gasteiger partial charge is 0.389 e. The van der Waals surface area contributed by atoms with Crippen molar-refractivity contribution < 1.29 is 9.84 Å². The van der Waals surface area contributed by atoms with Crippen molar-refractivity contribution in [3.8, 4) is 0 Å². The molecule has 0 radical (unpaired) electrons. The third kappa shape index (κ3) is 3.16. The summed E-state index contributed by atoms with van der Waals surface area (Å²) in [4.78, 5) is 8.57. The van der Waals surface area contributed by atoms with Crippen LogP contribution in [0.2, 0.25) is 0 Å². The summed E-state index contributed by atoms with van der Waals surface area (Å²) in [5.74, 6) is 0. The first kappa shape index (κ1) is 13.2. The van der Waals surface area contributed by atoms with Crippen LogP contribution in [0.15, 0.2) is 29.0 Å². The highest BCUT2D eigenvalue weighted by molar-refractivity contribution is 9.10. The van der Waals surface area contributed by atoms with Gasteiger partial charge in [-0.25, -0.2) is 0 Å². The summed E-state index contributed by atoms with van der Waals surface area (Å²) in [6.45, 7) is 0.708. The molecule has 0 bridgehead atoms. The Balaban J connectivity index is 2.18. The molecule has 0 aliphatic rings. The molecule has 0 aromatic carbocycles. The van der Waals surface area contributed by atoms with Crippen LogP contribution in [0.4, 0.5) is 5.69 Å². The topological polar surface area (TPSA) is 67.3 Å².